The number of aryl methyl sites for hydroxylation is 1. The van der Waals surface area contributed by atoms with Gasteiger partial charge in [-0.15, -0.1) is 0 Å². The third-order valence-corrected chi connectivity index (χ3v) is 4.66. The second-order valence-electron chi connectivity index (χ2n) is 4.02. The number of piperazine rings is 1. The summed E-state index contributed by atoms with van der Waals surface area (Å²) in [5.41, 5.74) is 0. The van der Waals surface area contributed by atoms with E-state index in [0.29, 0.717) is 0 Å². The van der Waals surface area contributed by atoms with E-state index >= 15 is 0 Å². The molecular formula is C10H12N2O6S. The number of carbonyl (C=O) groups is 2. The molecule has 1 aliphatic heterocycles. The topological polar surface area (TPSA) is 117 Å². The fourth-order valence-corrected chi connectivity index (χ4v) is 3.34. The summed E-state index contributed by atoms with van der Waals surface area (Å²) in [5.74, 6) is -2.20. The Labute approximate surface area is 109 Å². The summed E-state index contributed by atoms with van der Waals surface area (Å²) in [6, 6.07) is 0.958. The molecule has 1 aliphatic rings. The highest BCUT2D eigenvalue weighted by Crippen LogP contribution is 2.24. The van der Waals surface area contributed by atoms with E-state index in [1.807, 2.05) is 0 Å². The predicted octanol–water partition coefficient (Wildman–Crippen LogP) is -0.593. The van der Waals surface area contributed by atoms with Crippen LogP contribution in [-0.4, -0.2) is 49.3 Å². The van der Waals surface area contributed by atoms with E-state index in [1.54, 1.807) is 0 Å². The standard InChI is InChI=1S/C10H12N2O6S/c1-6-8(4-7(18-6)10(14)15)19(16,17)12-3-2-11-9(13)5-12/h4H,2-3,5H2,1H3,(H,11,13)(H,14,15). The van der Waals surface area contributed by atoms with Gasteiger partial charge in [-0.25, -0.2) is 13.2 Å². The molecule has 1 amide bonds. The van der Waals surface area contributed by atoms with Crippen LogP contribution in [0.15, 0.2) is 15.4 Å². The molecule has 1 fully saturated rings. The Kier molecular flexibility index (Phi) is 3.33. The molecule has 104 valence electrons. The third-order valence-electron chi connectivity index (χ3n) is 2.70. The molecule has 2 heterocycles. The third kappa shape index (κ3) is 2.47. The van der Waals surface area contributed by atoms with Crippen LogP contribution in [0.1, 0.15) is 16.3 Å². The van der Waals surface area contributed by atoms with E-state index in [1.165, 1.54) is 6.92 Å². The van der Waals surface area contributed by atoms with Crippen LogP contribution in [0.2, 0.25) is 0 Å². The first-order chi connectivity index (χ1) is 8.82. The molecule has 0 radical (unpaired) electrons. The largest absolute Gasteiger partial charge is 0.475 e. The Balaban J connectivity index is 2.39. The van der Waals surface area contributed by atoms with E-state index in [-0.39, 0.29) is 30.3 Å². The van der Waals surface area contributed by atoms with Gasteiger partial charge in [0.15, 0.2) is 0 Å². The SMILES string of the molecule is Cc1oc(C(=O)O)cc1S(=O)(=O)N1CCNC(=O)C1. The van der Waals surface area contributed by atoms with Crippen LogP contribution in [0, 0.1) is 6.92 Å². The Bertz CT molecular complexity index is 632. The molecule has 0 bridgehead atoms. The summed E-state index contributed by atoms with van der Waals surface area (Å²) >= 11 is 0. The first-order valence-corrected chi connectivity index (χ1v) is 6.87. The minimum absolute atomic E-state index is 0.0108. The molecule has 1 aromatic rings. The Hall–Kier alpha value is -1.87. The van der Waals surface area contributed by atoms with Crippen molar-refractivity contribution < 1.29 is 27.5 Å². The van der Waals surface area contributed by atoms with Crippen molar-refractivity contribution in [2.45, 2.75) is 11.8 Å². The molecule has 8 nitrogen and oxygen atoms in total. The van der Waals surface area contributed by atoms with E-state index in [0.717, 1.165) is 10.4 Å². The van der Waals surface area contributed by atoms with Crippen molar-refractivity contribution in [3.05, 3.63) is 17.6 Å². The first kappa shape index (κ1) is 13.6. The quantitative estimate of drug-likeness (QED) is 0.767. The average molecular weight is 288 g/mol. The molecule has 9 heteroatoms. The molecule has 0 saturated carbocycles. The summed E-state index contributed by atoms with van der Waals surface area (Å²) in [4.78, 5) is 21.7. The highest BCUT2D eigenvalue weighted by molar-refractivity contribution is 7.89. The van der Waals surface area contributed by atoms with Gasteiger partial charge in [0.05, 0.1) is 6.54 Å². The molecule has 0 aromatic carbocycles. The van der Waals surface area contributed by atoms with Crippen LogP contribution in [0.3, 0.4) is 0 Å². The zero-order chi connectivity index (χ0) is 14.2. The summed E-state index contributed by atoms with van der Waals surface area (Å²) < 4.78 is 30.4. The first-order valence-electron chi connectivity index (χ1n) is 5.43. The fourth-order valence-electron chi connectivity index (χ4n) is 1.79. The van der Waals surface area contributed by atoms with Crippen molar-refractivity contribution in [3.63, 3.8) is 0 Å². The lowest BCUT2D eigenvalue weighted by Gasteiger charge is -2.25. The number of nitrogens with zero attached hydrogens (tertiary/aromatic N) is 1. The van der Waals surface area contributed by atoms with Crippen LogP contribution in [-0.2, 0) is 14.8 Å². The number of furan rings is 1. The van der Waals surface area contributed by atoms with Crippen LogP contribution < -0.4 is 5.32 Å². The van der Waals surface area contributed by atoms with Gasteiger partial charge in [-0.2, -0.15) is 4.31 Å². The van der Waals surface area contributed by atoms with Crippen LogP contribution >= 0.6 is 0 Å². The average Bonchev–Trinajstić information content (AvgIpc) is 2.72. The van der Waals surface area contributed by atoms with Crippen molar-refractivity contribution in [3.8, 4) is 0 Å². The number of sulfonamides is 1. The molecular weight excluding hydrogens is 276 g/mol. The molecule has 0 spiro atoms. The number of carboxylic acids is 1. The number of aromatic carboxylic acids is 1. The van der Waals surface area contributed by atoms with Gasteiger partial charge in [0, 0.05) is 19.2 Å². The fraction of sp³-hybridized carbons (Fsp3) is 0.400. The summed E-state index contributed by atoms with van der Waals surface area (Å²) in [6.07, 6.45) is 0. The van der Waals surface area contributed by atoms with E-state index in [4.69, 9.17) is 9.52 Å². The van der Waals surface area contributed by atoms with E-state index in [9.17, 15) is 18.0 Å². The van der Waals surface area contributed by atoms with Gasteiger partial charge in [0.2, 0.25) is 21.7 Å². The second-order valence-corrected chi connectivity index (χ2v) is 5.93. The Morgan fingerprint density at radius 2 is 2.21 bits per heavy atom. The summed E-state index contributed by atoms with van der Waals surface area (Å²) in [7, 11) is -3.92. The normalized spacial score (nSPS) is 17.2. The van der Waals surface area contributed by atoms with Gasteiger partial charge in [-0.05, 0) is 6.92 Å². The number of hydrogen-bond acceptors (Lipinski definition) is 5. The van der Waals surface area contributed by atoms with Gasteiger partial charge in [-0.3, -0.25) is 4.79 Å². The summed E-state index contributed by atoms with van der Waals surface area (Å²) in [5, 5.41) is 11.3. The van der Waals surface area contributed by atoms with Crippen molar-refractivity contribution in [1.82, 2.24) is 9.62 Å². The number of carbonyl (C=O) groups excluding carboxylic acids is 1. The van der Waals surface area contributed by atoms with Gasteiger partial charge in [0.25, 0.3) is 0 Å². The number of hydrogen-bond donors (Lipinski definition) is 2. The van der Waals surface area contributed by atoms with Crippen molar-refractivity contribution in [2.75, 3.05) is 19.6 Å². The highest BCUT2D eigenvalue weighted by atomic mass is 32.2. The van der Waals surface area contributed by atoms with Gasteiger partial charge >= 0.3 is 5.97 Å². The molecule has 0 unspecified atom stereocenters. The maximum absolute atomic E-state index is 12.3. The number of nitrogens with one attached hydrogen (secondary N) is 1. The van der Waals surface area contributed by atoms with Crippen molar-refractivity contribution in [2.24, 2.45) is 0 Å². The molecule has 1 aromatic heterocycles. The molecule has 0 aliphatic carbocycles. The lowest BCUT2D eigenvalue weighted by molar-refractivity contribution is -0.122. The van der Waals surface area contributed by atoms with Gasteiger partial charge in [0.1, 0.15) is 10.7 Å². The Morgan fingerprint density at radius 3 is 2.74 bits per heavy atom. The smallest absolute Gasteiger partial charge is 0.371 e. The zero-order valence-electron chi connectivity index (χ0n) is 10.0. The Morgan fingerprint density at radius 1 is 1.53 bits per heavy atom. The lowest BCUT2D eigenvalue weighted by atomic mass is 10.4. The minimum Gasteiger partial charge on any atom is -0.475 e. The highest BCUT2D eigenvalue weighted by Gasteiger charge is 2.32. The molecule has 19 heavy (non-hydrogen) atoms. The molecule has 0 atom stereocenters. The van der Waals surface area contributed by atoms with Gasteiger partial charge in [-0.1, -0.05) is 0 Å². The van der Waals surface area contributed by atoms with Crippen LogP contribution in [0.5, 0.6) is 0 Å². The number of amides is 1. The van der Waals surface area contributed by atoms with Crippen LogP contribution in [0.4, 0.5) is 0 Å². The maximum Gasteiger partial charge on any atom is 0.371 e. The molecule has 2 rings (SSSR count). The molecule has 2 N–H and O–H groups in total. The minimum atomic E-state index is -3.92. The predicted molar refractivity (Wildman–Crippen MR) is 62.2 cm³/mol. The lowest BCUT2D eigenvalue weighted by Crippen LogP contribution is -2.49. The molecule has 1 saturated heterocycles. The van der Waals surface area contributed by atoms with E-state index < -0.39 is 27.7 Å². The van der Waals surface area contributed by atoms with Crippen molar-refractivity contribution >= 4 is 21.9 Å². The van der Waals surface area contributed by atoms with Crippen molar-refractivity contribution in [1.29, 1.82) is 0 Å². The summed E-state index contributed by atoms with van der Waals surface area (Å²) in [6.45, 7) is 1.44. The van der Waals surface area contributed by atoms with Gasteiger partial charge < -0.3 is 14.8 Å². The second kappa shape index (κ2) is 4.67. The maximum atomic E-state index is 12.3. The number of carboxylic acid groups (broad SMARTS) is 1. The number of rotatable bonds is 3. The van der Waals surface area contributed by atoms with E-state index in [2.05, 4.69) is 5.32 Å². The van der Waals surface area contributed by atoms with Crippen LogP contribution in [0.25, 0.3) is 0 Å². The monoisotopic (exact) mass is 288 g/mol. The zero-order valence-corrected chi connectivity index (χ0v) is 10.9.